The Morgan fingerprint density at radius 1 is 1.00 bits per heavy atom. The van der Waals surface area contributed by atoms with Crippen molar-refractivity contribution < 1.29 is 13.2 Å². The lowest BCUT2D eigenvalue weighted by atomic mass is 9.94. The van der Waals surface area contributed by atoms with Gasteiger partial charge in [0.15, 0.2) is 0 Å². The fraction of sp³-hybridized carbons (Fsp3) is 0.480. The molecule has 2 aromatic rings. The summed E-state index contributed by atoms with van der Waals surface area (Å²) >= 11 is 0. The van der Waals surface area contributed by atoms with Crippen molar-refractivity contribution in [3.63, 3.8) is 0 Å². The minimum atomic E-state index is -3.38. The van der Waals surface area contributed by atoms with Crippen LogP contribution in [0.4, 0.5) is 0 Å². The molecule has 3 rings (SSSR count). The van der Waals surface area contributed by atoms with Gasteiger partial charge < -0.3 is 5.32 Å². The van der Waals surface area contributed by atoms with Crippen LogP contribution in [0, 0.1) is 33.6 Å². The van der Waals surface area contributed by atoms with Gasteiger partial charge in [-0.05, 0) is 75.3 Å². The Morgan fingerprint density at radius 2 is 1.58 bits per heavy atom. The van der Waals surface area contributed by atoms with Crippen LogP contribution in [-0.4, -0.2) is 31.7 Å². The predicted octanol–water partition coefficient (Wildman–Crippen LogP) is 4.34. The lowest BCUT2D eigenvalue weighted by Crippen LogP contribution is -2.43. The summed E-state index contributed by atoms with van der Waals surface area (Å²) in [5.41, 5.74) is 6.68. The lowest BCUT2D eigenvalue weighted by molar-refractivity contribution is -0.126. The van der Waals surface area contributed by atoms with Crippen molar-refractivity contribution in [3.8, 4) is 0 Å². The molecule has 1 saturated heterocycles. The van der Waals surface area contributed by atoms with Gasteiger partial charge in [0.25, 0.3) is 0 Å². The van der Waals surface area contributed by atoms with Crippen molar-refractivity contribution >= 4 is 15.9 Å². The fourth-order valence-corrected chi connectivity index (χ4v) is 5.80. The number of piperidine rings is 1. The summed E-state index contributed by atoms with van der Waals surface area (Å²) in [6, 6.07) is 11.8. The molecule has 1 heterocycles. The number of hydrogen-bond acceptors (Lipinski definition) is 3. The highest BCUT2D eigenvalue weighted by Crippen LogP contribution is 2.25. The molecule has 0 saturated carbocycles. The summed E-state index contributed by atoms with van der Waals surface area (Å²) < 4.78 is 27.1. The summed E-state index contributed by atoms with van der Waals surface area (Å²) in [7, 11) is -3.38. The molecule has 1 aliphatic heterocycles. The van der Waals surface area contributed by atoms with Crippen LogP contribution < -0.4 is 5.32 Å². The summed E-state index contributed by atoms with van der Waals surface area (Å²) in [4.78, 5) is 12.8. The first-order valence-electron chi connectivity index (χ1n) is 11.0. The van der Waals surface area contributed by atoms with Crippen LogP contribution in [-0.2, 0) is 20.6 Å². The minimum Gasteiger partial charge on any atom is -0.349 e. The number of nitrogens with one attached hydrogen (secondary N) is 1. The third kappa shape index (κ3) is 5.74. The second kappa shape index (κ2) is 9.53. The first-order chi connectivity index (χ1) is 14.6. The van der Waals surface area contributed by atoms with Gasteiger partial charge >= 0.3 is 0 Å². The molecule has 1 aliphatic rings. The molecule has 1 atom stereocenters. The van der Waals surface area contributed by atoms with Crippen molar-refractivity contribution in [2.45, 2.75) is 59.3 Å². The number of carbonyl (C=O) groups excluding carboxylic acids is 1. The monoisotopic (exact) mass is 442 g/mol. The van der Waals surface area contributed by atoms with Crippen molar-refractivity contribution in [2.24, 2.45) is 5.92 Å². The first kappa shape index (κ1) is 23.5. The summed E-state index contributed by atoms with van der Waals surface area (Å²) in [6.45, 7) is 11.0. The maximum atomic E-state index is 12.8. The highest BCUT2D eigenvalue weighted by atomic mass is 32.2. The summed E-state index contributed by atoms with van der Waals surface area (Å²) in [5, 5.41) is 3.15. The van der Waals surface area contributed by atoms with Crippen LogP contribution in [0.25, 0.3) is 0 Å². The van der Waals surface area contributed by atoms with Crippen LogP contribution in [0.5, 0.6) is 0 Å². The van der Waals surface area contributed by atoms with Crippen molar-refractivity contribution in [2.75, 3.05) is 13.1 Å². The molecule has 0 radical (unpaired) electrons. The molecule has 0 aliphatic carbocycles. The molecule has 0 aromatic heterocycles. The number of rotatable bonds is 6. The number of aryl methyl sites for hydroxylation is 4. The van der Waals surface area contributed by atoms with E-state index in [0.29, 0.717) is 25.9 Å². The third-order valence-corrected chi connectivity index (χ3v) is 8.25. The number of hydrogen-bond donors (Lipinski definition) is 1. The molecule has 0 bridgehead atoms. The average molecular weight is 443 g/mol. The quantitative estimate of drug-likeness (QED) is 0.724. The van der Waals surface area contributed by atoms with E-state index in [4.69, 9.17) is 0 Å². The number of benzene rings is 2. The molecular weight excluding hydrogens is 408 g/mol. The predicted molar refractivity (Wildman–Crippen MR) is 125 cm³/mol. The number of amides is 1. The van der Waals surface area contributed by atoms with Gasteiger partial charge in [-0.25, -0.2) is 12.7 Å². The van der Waals surface area contributed by atoms with E-state index in [1.54, 1.807) is 0 Å². The molecule has 168 valence electrons. The van der Waals surface area contributed by atoms with Gasteiger partial charge in [0.2, 0.25) is 15.9 Å². The van der Waals surface area contributed by atoms with Crippen LogP contribution in [0.2, 0.25) is 0 Å². The largest absolute Gasteiger partial charge is 0.349 e. The van der Waals surface area contributed by atoms with Gasteiger partial charge in [-0.3, -0.25) is 4.79 Å². The highest BCUT2D eigenvalue weighted by molar-refractivity contribution is 7.88. The van der Waals surface area contributed by atoms with Gasteiger partial charge in [-0.1, -0.05) is 42.0 Å². The van der Waals surface area contributed by atoms with Crippen molar-refractivity contribution in [1.29, 1.82) is 0 Å². The van der Waals surface area contributed by atoms with E-state index in [1.807, 2.05) is 38.1 Å². The van der Waals surface area contributed by atoms with E-state index in [9.17, 15) is 13.2 Å². The zero-order chi connectivity index (χ0) is 22.8. The minimum absolute atomic E-state index is 0.00717. The third-order valence-electron chi connectivity index (χ3n) is 6.40. The van der Waals surface area contributed by atoms with Crippen LogP contribution in [0.1, 0.15) is 59.2 Å². The fourth-order valence-electron chi connectivity index (χ4n) is 4.24. The van der Waals surface area contributed by atoms with Crippen LogP contribution in [0.3, 0.4) is 0 Å². The van der Waals surface area contributed by atoms with E-state index in [-0.39, 0.29) is 23.6 Å². The molecule has 5 nitrogen and oxygen atoms in total. The maximum absolute atomic E-state index is 12.8. The Balaban J connectivity index is 1.57. The van der Waals surface area contributed by atoms with Crippen molar-refractivity contribution in [3.05, 3.63) is 69.8 Å². The van der Waals surface area contributed by atoms with Gasteiger partial charge in [-0.2, -0.15) is 0 Å². The number of nitrogens with zero attached hydrogens (tertiary/aromatic N) is 1. The van der Waals surface area contributed by atoms with Crippen LogP contribution in [0.15, 0.2) is 36.4 Å². The topological polar surface area (TPSA) is 66.5 Å². The molecule has 2 aromatic carbocycles. The summed E-state index contributed by atoms with van der Waals surface area (Å²) in [5.74, 6) is -0.131. The first-order valence-corrected chi connectivity index (χ1v) is 12.6. The standard InChI is InChI=1S/C25H34N2O3S/c1-17-6-8-22(9-7-17)16-31(29,30)27-12-10-23(11-13-27)25(28)26-21(5)24-15-19(3)18(2)14-20(24)4/h6-9,14-15,21,23H,10-13,16H2,1-5H3,(H,26,28)/t21-/m0/s1. The van der Waals surface area contributed by atoms with Gasteiger partial charge in [0, 0.05) is 19.0 Å². The number of sulfonamides is 1. The van der Waals surface area contributed by atoms with Crippen LogP contribution >= 0.6 is 0 Å². The van der Waals surface area contributed by atoms with E-state index >= 15 is 0 Å². The molecular formula is C25H34N2O3S. The Labute approximate surface area is 186 Å². The van der Waals surface area contributed by atoms with Gasteiger partial charge in [0.1, 0.15) is 0 Å². The SMILES string of the molecule is Cc1ccc(CS(=O)(=O)N2CCC(C(=O)N[C@@H](C)c3cc(C)c(C)cc3C)CC2)cc1. The molecule has 1 amide bonds. The second-order valence-electron chi connectivity index (χ2n) is 8.94. The molecule has 31 heavy (non-hydrogen) atoms. The van der Waals surface area contributed by atoms with Gasteiger partial charge in [-0.15, -0.1) is 0 Å². The average Bonchev–Trinajstić information content (AvgIpc) is 2.72. The Hall–Kier alpha value is -2.18. The van der Waals surface area contributed by atoms with E-state index in [2.05, 4.69) is 38.2 Å². The lowest BCUT2D eigenvalue weighted by Gasteiger charge is -2.31. The smallest absolute Gasteiger partial charge is 0.223 e. The zero-order valence-electron chi connectivity index (χ0n) is 19.2. The van der Waals surface area contributed by atoms with Crippen molar-refractivity contribution in [1.82, 2.24) is 9.62 Å². The van der Waals surface area contributed by atoms with E-state index < -0.39 is 10.0 Å². The van der Waals surface area contributed by atoms with E-state index in [1.165, 1.54) is 21.0 Å². The van der Waals surface area contributed by atoms with E-state index in [0.717, 1.165) is 16.7 Å². The normalized spacial score (nSPS) is 16.8. The maximum Gasteiger partial charge on any atom is 0.223 e. The Bertz CT molecular complexity index is 1040. The highest BCUT2D eigenvalue weighted by Gasteiger charge is 2.31. The Kier molecular flexibility index (Phi) is 7.22. The van der Waals surface area contributed by atoms with Gasteiger partial charge in [0.05, 0.1) is 11.8 Å². The zero-order valence-corrected chi connectivity index (χ0v) is 20.1. The second-order valence-corrected chi connectivity index (χ2v) is 10.9. The molecule has 6 heteroatoms. The molecule has 1 fully saturated rings. The molecule has 1 N–H and O–H groups in total. The summed E-state index contributed by atoms with van der Waals surface area (Å²) in [6.07, 6.45) is 1.11. The Morgan fingerprint density at radius 3 is 2.19 bits per heavy atom. The molecule has 0 unspecified atom stereocenters. The number of carbonyl (C=O) groups is 1. The molecule has 0 spiro atoms.